The van der Waals surface area contributed by atoms with Gasteiger partial charge in [0.1, 0.15) is 6.10 Å². The molecule has 0 aromatic carbocycles. The first kappa shape index (κ1) is 29.0. The number of nitrogens with one attached hydrogen (secondary N) is 2. The van der Waals surface area contributed by atoms with Crippen LogP contribution < -0.4 is 10.6 Å². The fourth-order valence-electron chi connectivity index (χ4n) is 1.96. The van der Waals surface area contributed by atoms with Gasteiger partial charge >= 0.3 is 7.82 Å². The van der Waals surface area contributed by atoms with Crippen LogP contribution in [0.15, 0.2) is 0 Å². The van der Waals surface area contributed by atoms with Crippen molar-refractivity contribution in [1.29, 1.82) is 0 Å². The van der Waals surface area contributed by atoms with E-state index >= 15 is 0 Å². The number of phosphoric ester groups is 1. The maximum Gasteiger partial charge on any atom is 0.472 e. The molecule has 4 N–H and O–H groups in total. The van der Waals surface area contributed by atoms with Crippen molar-refractivity contribution < 1.29 is 33.2 Å². The SMILES string of the molecule is CC(C)C(C)(C)OP(=O)(O)OCC(C)(C)C(O)C(=O)NCCC(=O)NCC(C)(C)C. The van der Waals surface area contributed by atoms with E-state index in [4.69, 9.17) is 9.05 Å². The Balaban J connectivity index is 4.60. The standard InChI is InChI=1S/C20H41N2O7P/c1-14(2)20(8,9)29-30(26,27)28-13-19(6,7)16(24)17(25)21-11-10-15(23)22-12-18(3,4)5/h14,16,24H,10-13H2,1-9H3,(H,21,25)(H,22,23)(H,26,27). The van der Waals surface area contributed by atoms with Crippen LogP contribution in [-0.2, 0) is 23.2 Å². The summed E-state index contributed by atoms with van der Waals surface area (Å²) in [6, 6.07) is 0. The largest absolute Gasteiger partial charge is 0.472 e. The van der Waals surface area contributed by atoms with Crippen molar-refractivity contribution in [1.82, 2.24) is 10.6 Å². The Hall–Kier alpha value is -0.990. The minimum absolute atomic E-state index is 0.0356. The first-order valence-electron chi connectivity index (χ1n) is 10.2. The molecule has 0 aliphatic rings. The van der Waals surface area contributed by atoms with Crippen molar-refractivity contribution in [2.24, 2.45) is 16.7 Å². The Kier molecular flexibility index (Phi) is 10.7. The maximum atomic E-state index is 12.2. The third kappa shape index (κ3) is 11.4. The summed E-state index contributed by atoms with van der Waals surface area (Å²) in [4.78, 5) is 34.0. The van der Waals surface area contributed by atoms with Crippen LogP contribution >= 0.6 is 7.82 Å². The van der Waals surface area contributed by atoms with Crippen molar-refractivity contribution >= 4 is 19.6 Å². The highest BCUT2D eigenvalue weighted by atomic mass is 31.2. The summed E-state index contributed by atoms with van der Waals surface area (Å²) in [7, 11) is -4.39. The average molecular weight is 453 g/mol. The lowest BCUT2D eigenvalue weighted by atomic mass is 9.87. The number of amides is 2. The number of rotatable bonds is 12. The smallest absolute Gasteiger partial charge is 0.383 e. The minimum Gasteiger partial charge on any atom is -0.383 e. The molecule has 0 aliphatic carbocycles. The summed E-state index contributed by atoms with van der Waals surface area (Å²) in [5.41, 5.74) is -2.10. The van der Waals surface area contributed by atoms with Crippen LogP contribution in [-0.4, -0.2) is 53.2 Å². The Labute approximate surface area is 180 Å². The molecule has 2 atom stereocenters. The lowest BCUT2D eigenvalue weighted by molar-refractivity contribution is -0.137. The van der Waals surface area contributed by atoms with Gasteiger partial charge in [0.05, 0.1) is 12.2 Å². The Morgan fingerprint density at radius 2 is 1.57 bits per heavy atom. The minimum atomic E-state index is -4.39. The number of aliphatic hydroxyl groups excluding tert-OH is 1. The summed E-state index contributed by atoms with van der Waals surface area (Å²) in [6.45, 7) is 16.3. The normalized spacial score (nSPS) is 16.1. The highest BCUT2D eigenvalue weighted by Gasteiger charge is 2.39. The van der Waals surface area contributed by atoms with E-state index in [1.165, 1.54) is 13.8 Å². The number of carbonyl (C=O) groups excluding carboxylic acids is 2. The van der Waals surface area contributed by atoms with Crippen LogP contribution in [0, 0.1) is 16.7 Å². The molecule has 30 heavy (non-hydrogen) atoms. The molecule has 0 bridgehead atoms. The molecule has 0 aliphatic heterocycles. The molecule has 0 aromatic heterocycles. The predicted octanol–water partition coefficient (Wildman–Crippen LogP) is 2.61. The van der Waals surface area contributed by atoms with Gasteiger partial charge in [0.25, 0.3) is 0 Å². The van der Waals surface area contributed by atoms with Gasteiger partial charge < -0.3 is 20.6 Å². The number of carbonyl (C=O) groups is 2. The van der Waals surface area contributed by atoms with E-state index in [0.717, 1.165) is 0 Å². The van der Waals surface area contributed by atoms with Crippen molar-refractivity contribution in [3.05, 3.63) is 0 Å². The van der Waals surface area contributed by atoms with Gasteiger partial charge in [-0.1, -0.05) is 48.5 Å². The first-order chi connectivity index (χ1) is 13.3. The van der Waals surface area contributed by atoms with E-state index in [1.807, 2.05) is 34.6 Å². The monoisotopic (exact) mass is 452 g/mol. The summed E-state index contributed by atoms with van der Waals surface area (Å²) < 4.78 is 22.5. The lowest BCUT2D eigenvalue weighted by Gasteiger charge is -2.33. The van der Waals surface area contributed by atoms with Crippen molar-refractivity contribution in [3.8, 4) is 0 Å². The van der Waals surface area contributed by atoms with E-state index in [9.17, 15) is 24.2 Å². The second-order valence-corrected chi connectivity index (χ2v) is 11.7. The highest BCUT2D eigenvalue weighted by molar-refractivity contribution is 7.47. The Morgan fingerprint density at radius 3 is 2.03 bits per heavy atom. The molecule has 0 heterocycles. The van der Waals surface area contributed by atoms with Gasteiger partial charge in [0, 0.05) is 24.9 Å². The van der Waals surface area contributed by atoms with E-state index in [-0.39, 0.29) is 36.8 Å². The number of hydrogen-bond donors (Lipinski definition) is 4. The molecule has 0 aromatic rings. The fourth-order valence-corrected chi connectivity index (χ4v) is 3.31. The molecule has 10 heteroatoms. The summed E-state index contributed by atoms with van der Waals surface area (Å²) in [5.74, 6) is -0.927. The number of aliphatic hydroxyl groups is 1. The average Bonchev–Trinajstić information content (AvgIpc) is 2.56. The second kappa shape index (κ2) is 11.0. The van der Waals surface area contributed by atoms with Crippen LogP contribution in [0.3, 0.4) is 0 Å². The van der Waals surface area contributed by atoms with Gasteiger partial charge in [-0.2, -0.15) is 0 Å². The molecule has 0 saturated carbocycles. The third-order valence-electron chi connectivity index (χ3n) is 4.80. The van der Waals surface area contributed by atoms with Gasteiger partial charge in [0.15, 0.2) is 0 Å². The first-order valence-corrected chi connectivity index (χ1v) is 11.7. The van der Waals surface area contributed by atoms with E-state index < -0.39 is 30.8 Å². The van der Waals surface area contributed by atoms with Crippen molar-refractivity contribution in [3.63, 3.8) is 0 Å². The summed E-state index contributed by atoms with van der Waals surface area (Å²) in [5, 5.41) is 15.6. The summed E-state index contributed by atoms with van der Waals surface area (Å²) in [6.07, 6.45) is -1.43. The predicted molar refractivity (Wildman–Crippen MR) is 116 cm³/mol. The molecular formula is C20H41N2O7P. The van der Waals surface area contributed by atoms with Crippen LogP contribution in [0.2, 0.25) is 0 Å². The van der Waals surface area contributed by atoms with Crippen LogP contribution in [0.25, 0.3) is 0 Å². The molecule has 0 saturated heterocycles. The van der Waals surface area contributed by atoms with Gasteiger partial charge in [0.2, 0.25) is 11.8 Å². The topological polar surface area (TPSA) is 134 Å². The molecule has 2 amide bonds. The van der Waals surface area contributed by atoms with Gasteiger partial charge in [-0.15, -0.1) is 0 Å². The number of hydrogen-bond acceptors (Lipinski definition) is 6. The number of phosphoric acid groups is 1. The molecule has 0 radical (unpaired) electrons. The van der Waals surface area contributed by atoms with Crippen molar-refractivity contribution in [2.75, 3.05) is 19.7 Å². The zero-order chi connectivity index (χ0) is 24.0. The second-order valence-electron chi connectivity index (χ2n) is 10.4. The van der Waals surface area contributed by atoms with Crippen LogP contribution in [0.5, 0.6) is 0 Å². The molecule has 0 spiro atoms. The zero-order valence-corrected chi connectivity index (χ0v) is 20.8. The van der Waals surface area contributed by atoms with Crippen molar-refractivity contribution in [2.45, 2.75) is 80.4 Å². The highest BCUT2D eigenvalue weighted by Crippen LogP contribution is 2.50. The molecule has 178 valence electrons. The van der Waals surface area contributed by atoms with Gasteiger partial charge in [-0.3, -0.25) is 18.6 Å². The molecule has 2 unspecified atom stereocenters. The summed E-state index contributed by atoms with van der Waals surface area (Å²) >= 11 is 0. The lowest BCUT2D eigenvalue weighted by Crippen LogP contribution is -2.46. The quantitative estimate of drug-likeness (QED) is 0.334. The van der Waals surface area contributed by atoms with Gasteiger partial charge in [-0.25, -0.2) is 4.57 Å². The van der Waals surface area contributed by atoms with E-state index in [0.29, 0.717) is 6.54 Å². The molecule has 0 fully saturated rings. The molecular weight excluding hydrogens is 411 g/mol. The van der Waals surface area contributed by atoms with E-state index in [1.54, 1.807) is 13.8 Å². The zero-order valence-electron chi connectivity index (χ0n) is 19.9. The van der Waals surface area contributed by atoms with Gasteiger partial charge in [-0.05, 0) is 25.2 Å². The van der Waals surface area contributed by atoms with E-state index in [2.05, 4.69) is 10.6 Å². The fraction of sp³-hybridized carbons (Fsp3) is 0.900. The Morgan fingerprint density at radius 1 is 1.03 bits per heavy atom. The maximum absolute atomic E-state index is 12.2. The molecule has 0 rings (SSSR count). The third-order valence-corrected chi connectivity index (χ3v) is 5.95. The van der Waals surface area contributed by atoms with Crippen LogP contribution in [0.4, 0.5) is 0 Å². The Bertz CT molecular complexity index is 627. The van der Waals surface area contributed by atoms with Crippen LogP contribution in [0.1, 0.15) is 68.7 Å². The molecule has 9 nitrogen and oxygen atoms in total.